The summed E-state index contributed by atoms with van der Waals surface area (Å²) in [4.78, 5) is 0. The SMILES string of the molecule is CNC1c2ccccc2CCC1n1cc(C(F)(F)F)cn1. The van der Waals surface area contributed by atoms with Crippen LogP contribution in [0.4, 0.5) is 13.2 Å². The van der Waals surface area contributed by atoms with Gasteiger partial charge in [-0.25, -0.2) is 0 Å². The Morgan fingerprint density at radius 2 is 2.05 bits per heavy atom. The van der Waals surface area contributed by atoms with Crippen molar-refractivity contribution < 1.29 is 13.2 Å². The van der Waals surface area contributed by atoms with Crippen molar-refractivity contribution in [2.45, 2.75) is 31.1 Å². The Morgan fingerprint density at radius 1 is 1.29 bits per heavy atom. The standard InChI is InChI=1S/C15H16F3N3/c1-19-14-12-5-3-2-4-10(12)6-7-13(14)21-9-11(8-20-21)15(16,17)18/h2-5,8-9,13-14,19H,6-7H2,1H3. The average molecular weight is 295 g/mol. The summed E-state index contributed by atoms with van der Waals surface area (Å²) < 4.78 is 39.6. The molecule has 1 N–H and O–H groups in total. The Bertz CT molecular complexity index is 633. The van der Waals surface area contributed by atoms with E-state index in [9.17, 15) is 13.2 Å². The number of halogens is 3. The van der Waals surface area contributed by atoms with E-state index in [1.807, 2.05) is 25.2 Å². The number of alkyl halides is 3. The first kappa shape index (κ1) is 14.1. The Hall–Kier alpha value is -1.82. The summed E-state index contributed by atoms with van der Waals surface area (Å²) >= 11 is 0. The third-order valence-electron chi connectivity index (χ3n) is 4.06. The first-order chi connectivity index (χ1) is 10.0. The predicted octanol–water partition coefficient (Wildman–Crippen LogP) is 3.35. The number of rotatable bonds is 2. The molecule has 1 aliphatic carbocycles. The van der Waals surface area contributed by atoms with Crippen LogP contribution < -0.4 is 5.32 Å². The van der Waals surface area contributed by atoms with E-state index in [4.69, 9.17) is 0 Å². The Kier molecular flexibility index (Phi) is 3.49. The molecule has 1 heterocycles. The summed E-state index contributed by atoms with van der Waals surface area (Å²) in [7, 11) is 1.83. The van der Waals surface area contributed by atoms with Crippen molar-refractivity contribution >= 4 is 0 Å². The van der Waals surface area contributed by atoms with Crippen LogP contribution in [-0.4, -0.2) is 16.8 Å². The number of fused-ring (bicyclic) bond motifs is 1. The van der Waals surface area contributed by atoms with Gasteiger partial charge in [0.25, 0.3) is 0 Å². The quantitative estimate of drug-likeness (QED) is 0.921. The van der Waals surface area contributed by atoms with Gasteiger partial charge >= 0.3 is 6.18 Å². The smallest absolute Gasteiger partial charge is 0.311 e. The molecule has 2 unspecified atom stereocenters. The highest BCUT2D eigenvalue weighted by Crippen LogP contribution is 2.38. The highest BCUT2D eigenvalue weighted by molar-refractivity contribution is 5.33. The van der Waals surface area contributed by atoms with E-state index in [0.29, 0.717) is 0 Å². The second-order valence-electron chi connectivity index (χ2n) is 5.28. The van der Waals surface area contributed by atoms with Crippen LogP contribution in [0.15, 0.2) is 36.7 Å². The number of benzene rings is 1. The predicted molar refractivity (Wildman–Crippen MR) is 72.8 cm³/mol. The van der Waals surface area contributed by atoms with Crippen molar-refractivity contribution in [3.63, 3.8) is 0 Å². The Balaban J connectivity index is 1.94. The number of aryl methyl sites for hydroxylation is 1. The molecule has 3 nitrogen and oxygen atoms in total. The molecule has 0 radical (unpaired) electrons. The molecule has 2 aromatic rings. The van der Waals surface area contributed by atoms with Gasteiger partial charge in [-0.05, 0) is 31.0 Å². The van der Waals surface area contributed by atoms with Gasteiger partial charge in [0, 0.05) is 6.20 Å². The zero-order valence-electron chi connectivity index (χ0n) is 11.6. The van der Waals surface area contributed by atoms with Gasteiger partial charge in [-0.2, -0.15) is 18.3 Å². The van der Waals surface area contributed by atoms with Crippen LogP contribution >= 0.6 is 0 Å². The molecule has 1 aliphatic rings. The summed E-state index contributed by atoms with van der Waals surface area (Å²) in [5.74, 6) is 0. The molecule has 2 atom stereocenters. The zero-order chi connectivity index (χ0) is 15.0. The normalized spacial score (nSPS) is 22.1. The molecular formula is C15H16F3N3. The average Bonchev–Trinajstić information content (AvgIpc) is 2.95. The maximum atomic E-state index is 12.7. The molecule has 0 bridgehead atoms. The topological polar surface area (TPSA) is 29.9 Å². The first-order valence-electron chi connectivity index (χ1n) is 6.87. The van der Waals surface area contributed by atoms with Crippen LogP contribution in [0.25, 0.3) is 0 Å². The Labute approximate surface area is 120 Å². The van der Waals surface area contributed by atoms with Crippen LogP contribution in [0.3, 0.4) is 0 Å². The lowest BCUT2D eigenvalue weighted by atomic mass is 9.84. The van der Waals surface area contributed by atoms with E-state index in [-0.39, 0.29) is 12.1 Å². The summed E-state index contributed by atoms with van der Waals surface area (Å²) in [5.41, 5.74) is 1.69. The van der Waals surface area contributed by atoms with E-state index in [2.05, 4.69) is 16.5 Å². The third-order valence-corrected chi connectivity index (χ3v) is 4.06. The molecule has 0 saturated heterocycles. The third kappa shape index (κ3) is 2.55. The maximum Gasteiger partial charge on any atom is 0.419 e. The minimum atomic E-state index is -4.35. The van der Waals surface area contributed by atoms with Crippen LogP contribution in [0.1, 0.15) is 35.2 Å². The lowest BCUT2D eigenvalue weighted by Gasteiger charge is -2.33. The van der Waals surface area contributed by atoms with Gasteiger partial charge in [-0.3, -0.25) is 4.68 Å². The van der Waals surface area contributed by atoms with E-state index in [1.54, 1.807) is 0 Å². The number of hydrogen-bond donors (Lipinski definition) is 1. The van der Waals surface area contributed by atoms with Crippen molar-refractivity contribution in [1.29, 1.82) is 0 Å². The molecule has 0 aliphatic heterocycles. The van der Waals surface area contributed by atoms with Gasteiger partial charge in [0.05, 0.1) is 23.8 Å². The van der Waals surface area contributed by atoms with Gasteiger partial charge in [0.15, 0.2) is 0 Å². The molecular weight excluding hydrogens is 279 g/mol. The van der Waals surface area contributed by atoms with Crippen molar-refractivity contribution in [2.75, 3.05) is 7.05 Å². The van der Waals surface area contributed by atoms with E-state index < -0.39 is 11.7 Å². The number of aromatic nitrogens is 2. The molecule has 0 fully saturated rings. The maximum absolute atomic E-state index is 12.7. The van der Waals surface area contributed by atoms with E-state index >= 15 is 0 Å². The van der Waals surface area contributed by atoms with Gasteiger partial charge in [0.1, 0.15) is 0 Å². The minimum Gasteiger partial charge on any atom is -0.311 e. The number of nitrogens with one attached hydrogen (secondary N) is 1. The first-order valence-corrected chi connectivity index (χ1v) is 6.87. The Morgan fingerprint density at radius 3 is 2.71 bits per heavy atom. The molecule has 0 saturated carbocycles. The summed E-state index contributed by atoms with van der Waals surface area (Å²) in [6.07, 6.45) is -0.738. The van der Waals surface area contributed by atoms with Crippen LogP contribution in [-0.2, 0) is 12.6 Å². The molecule has 0 spiro atoms. The largest absolute Gasteiger partial charge is 0.419 e. The molecule has 112 valence electrons. The molecule has 1 aromatic heterocycles. The summed E-state index contributed by atoms with van der Waals surface area (Å²) in [6.45, 7) is 0. The van der Waals surface area contributed by atoms with Crippen molar-refractivity contribution in [3.8, 4) is 0 Å². The number of likely N-dealkylation sites (N-methyl/N-ethyl adjacent to an activating group) is 1. The molecule has 6 heteroatoms. The highest BCUT2D eigenvalue weighted by Gasteiger charge is 2.35. The second kappa shape index (κ2) is 5.18. The number of hydrogen-bond acceptors (Lipinski definition) is 2. The molecule has 21 heavy (non-hydrogen) atoms. The lowest BCUT2D eigenvalue weighted by Crippen LogP contribution is -2.32. The number of nitrogens with zero attached hydrogens (tertiary/aromatic N) is 2. The van der Waals surface area contributed by atoms with Crippen LogP contribution in [0.2, 0.25) is 0 Å². The van der Waals surface area contributed by atoms with E-state index in [0.717, 1.165) is 30.8 Å². The second-order valence-corrected chi connectivity index (χ2v) is 5.28. The molecule has 0 amide bonds. The molecule has 3 rings (SSSR count). The fraction of sp³-hybridized carbons (Fsp3) is 0.400. The summed E-state index contributed by atoms with van der Waals surface area (Å²) in [5, 5.41) is 7.15. The van der Waals surface area contributed by atoms with Crippen molar-refractivity contribution in [2.24, 2.45) is 0 Å². The fourth-order valence-electron chi connectivity index (χ4n) is 3.04. The van der Waals surface area contributed by atoms with Crippen LogP contribution in [0, 0.1) is 0 Å². The molecule has 1 aromatic carbocycles. The van der Waals surface area contributed by atoms with Crippen molar-refractivity contribution in [3.05, 3.63) is 53.3 Å². The van der Waals surface area contributed by atoms with Gasteiger partial charge < -0.3 is 5.32 Å². The monoisotopic (exact) mass is 295 g/mol. The lowest BCUT2D eigenvalue weighted by molar-refractivity contribution is -0.137. The highest BCUT2D eigenvalue weighted by atomic mass is 19.4. The zero-order valence-corrected chi connectivity index (χ0v) is 11.6. The van der Waals surface area contributed by atoms with Gasteiger partial charge in [-0.15, -0.1) is 0 Å². The van der Waals surface area contributed by atoms with Crippen LogP contribution in [0.5, 0.6) is 0 Å². The minimum absolute atomic E-state index is 0.0315. The summed E-state index contributed by atoms with van der Waals surface area (Å²) in [6, 6.07) is 7.89. The van der Waals surface area contributed by atoms with Crippen molar-refractivity contribution in [1.82, 2.24) is 15.1 Å². The fourth-order valence-corrected chi connectivity index (χ4v) is 3.04. The van der Waals surface area contributed by atoms with Gasteiger partial charge in [0.2, 0.25) is 0 Å². The van der Waals surface area contributed by atoms with Gasteiger partial charge in [-0.1, -0.05) is 24.3 Å². The van der Waals surface area contributed by atoms with E-state index in [1.165, 1.54) is 10.2 Å².